The number of carbonyl (C=O) groups excluding carboxylic acids is 1. The molecule has 0 saturated carbocycles. The van der Waals surface area contributed by atoms with Crippen LogP contribution in [-0.4, -0.2) is 65.5 Å². The molecule has 2 N–H and O–H groups in total. The van der Waals surface area contributed by atoms with Gasteiger partial charge in [0.2, 0.25) is 0 Å². The van der Waals surface area contributed by atoms with E-state index < -0.39 is 0 Å². The van der Waals surface area contributed by atoms with Crippen molar-refractivity contribution in [3.8, 4) is 11.1 Å². The Hall–Kier alpha value is -2.70. The van der Waals surface area contributed by atoms with Gasteiger partial charge in [-0.15, -0.1) is 0 Å². The van der Waals surface area contributed by atoms with E-state index in [2.05, 4.69) is 83.5 Å². The lowest BCUT2D eigenvalue weighted by molar-refractivity contribution is -0.116. The van der Waals surface area contributed by atoms with Gasteiger partial charge in [-0.1, -0.05) is 26.8 Å². The van der Waals surface area contributed by atoms with Gasteiger partial charge in [-0.05, 0) is 92.9 Å². The molecule has 1 amide bonds. The molecule has 6 heteroatoms. The van der Waals surface area contributed by atoms with Crippen molar-refractivity contribution in [3.63, 3.8) is 0 Å². The molecule has 1 aromatic heterocycles. The molecule has 2 fully saturated rings. The van der Waals surface area contributed by atoms with Crippen LogP contribution in [0.5, 0.6) is 0 Å². The first-order chi connectivity index (χ1) is 18.3. The maximum absolute atomic E-state index is 13.5. The molecular weight excluding hydrogens is 470 g/mol. The van der Waals surface area contributed by atoms with Crippen molar-refractivity contribution in [2.75, 3.05) is 38.0 Å². The zero-order valence-electron chi connectivity index (χ0n) is 23.7. The molecule has 1 aromatic carbocycles. The van der Waals surface area contributed by atoms with Crippen molar-refractivity contribution in [1.29, 1.82) is 0 Å². The third kappa shape index (κ3) is 6.65. The Morgan fingerprint density at radius 3 is 2.47 bits per heavy atom. The topological polar surface area (TPSA) is 60.5 Å². The van der Waals surface area contributed by atoms with Crippen LogP contribution in [0.25, 0.3) is 16.7 Å². The number of likely N-dealkylation sites (tertiary alicyclic amines) is 2. The molecule has 1 atom stereocenters. The van der Waals surface area contributed by atoms with Crippen LogP contribution in [0.1, 0.15) is 64.5 Å². The quantitative estimate of drug-likeness (QED) is 0.516. The number of nitrogens with one attached hydrogen (secondary N) is 2. The number of rotatable bonds is 7. The molecule has 1 unspecified atom stereocenters. The van der Waals surface area contributed by atoms with Crippen molar-refractivity contribution in [2.24, 2.45) is 11.8 Å². The molecule has 0 aliphatic carbocycles. The number of pyridine rings is 1. The van der Waals surface area contributed by atoms with Gasteiger partial charge in [-0.2, -0.15) is 0 Å². The Balaban J connectivity index is 1.29. The van der Waals surface area contributed by atoms with Crippen molar-refractivity contribution in [1.82, 2.24) is 20.1 Å². The third-order valence-electron chi connectivity index (χ3n) is 8.31. The Labute approximate surface area is 228 Å². The predicted molar refractivity (Wildman–Crippen MR) is 157 cm³/mol. The molecule has 0 bridgehead atoms. The van der Waals surface area contributed by atoms with Crippen molar-refractivity contribution in [3.05, 3.63) is 53.9 Å². The molecule has 6 nitrogen and oxygen atoms in total. The number of aromatic nitrogens is 1. The van der Waals surface area contributed by atoms with E-state index in [9.17, 15) is 4.79 Å². The zero-order valence-corrected chi connectivity index (χ0v) is 23.7. The molecule has 2 saturated heterocycles. The fraction of sp³-hybridized carbons (Fsp3) is 0.562. The summed E-state index contributed by atoms with van der Waals surface area (Å²) in [5, 5.41) is 6.90. The molecule has 2 aromatic rings. The number of amides is 1. The molecule has 5 rings (SSSR count). The molecule has 204 valence electrons. The largest absolute Gasteiger partial charge is 0.379 e. The Kier molecular flexibility index (Phi) is 8.49. The van der Waals surface area contributed by atoms with E-state index in [1.165, 1.54) is 18.4 Å². The van der Waals surface area contributed by atoms with Crippen LogP contribution in [0.2, 0.25) is 0 Å². The van der Waals surface area contributed by atoms with Gasteiger partial charge >= 0.3 is 0 Å². The van der Waals surface area contributed by atoms with Gasteiger partial charge in [0.15, 0.2) is 0 Å². The van der Waals surface area contributed by atoms with E-state index in [0.29, 0.717) is 5.92 Å². The first-order valence-corrected chi connectivity index (χ1v) is 14.7. The highest BCUT2D eigenvalue weighted by molar-refractivity contribution is 6.22. The second-order valence-electron chi connectivity index (χ2n) is 12.3. The normalized spacial score (nSPS) is 21.6. The molecule has 0 radical (unpaired) electrons. The van der Waals surface area contributed by atoms with E-state index in [1.807, 2.05) is 12.4 Å². The van der Waals surface area contributed by atoms with Crippen molar-refractivity contribution < 1.29 is 4.79 Å². The van der Waals surface area contributed by atoms with Crippen molar-refractivity contribution in [2.45, 2.75) is 72.0 Å². The number of anilines is 1. The summed E-state index contributed by atoms with van der Waals surface area (Å²) in [4.78, 5) is 23.2. The molecule has 3 aliphatic rings. The van der Waals surface area contributed by atoms with Crippen LogP contribution in [0.3, 0.4) is 0 Å². The smallest absolute Gasteiger partial charge is 0.251 e. The van der Waals surface area contributed by atoms with Crippen LogP contribution in [0.15, 0.2) is 42.7 Å². The second kappa shape index (κ2) is 12.0. The predicted octanol–water partition coefficient (Wildman–Crippen LogP) is 5.41. The molecule has 3 aliphatic heterocycles. The maximum Gasteiger partial charge on any atom is 0.251 e. The van der Waals surface area contributed by atoms with Crippen molar-refractivity contribution >= 4 is 17.2 Å². The monoisotopic (exact) mass is 515 g/mol. The van der Waals surface area contributed by atoms with Crippen LogP contribution < -0.4 is 10.6 Å². The minimum Gasteiger partial charge on any atom is -0.379 e. The number of fused-ring (bicyclic) bond motifs is 1. The number of nitrogens with zero attached hydrogens (tertiary/aromatic N) is 3. The van der Waals surface area contributed by atoms with Gasteiger partial charge in [0.25, 0.3) is 5.91 Å². The van der Waals surface area contributed by atoms with Crippen LogP contribution in [0.4, 0.5) is 5.69 Å². The van der Waals surface area contributed by atoms with Crippen LogP contribution in [-0.2, 0) is 11.3 Å². The van der Waals surface area contributed by atoms with Crippen LogP contribution >= 0.6 is 0 Å². The maximum atomic E-state index is 13.5. The SMILES string of the molecule is CC(C)CN1CCC(NC(=O)C2=CC(C)Nc3ccc(-c4cncc(CN5CCC(C)CC5)c4)cc32)CC1. The first kappa shape index (κ1) is 26.9. The Morgan fingerprint density at radius 2 is 1.74 bits per heavy atom. The summed E-state index contributed by atoms with van der Waals surface area (Å²) >= 11 is 0. The van der Waals surface area contributed by atoms with E-state index in [1.54, 1.807) is 0 Å². The number of piperidine rings is 2. The van der Waals surface area contributed by atoms with Gasteiger partial charge in [0.05, 0.1) is 0 Å². The van der Waals surface area contributed by atoms with Crippen LogP contribution in [0, 0.1) is 11.8 Å². The number of carbonyl (C=O) groups is 1. The lowest BCUT2D eigenvalue weighted by Crippen LogP contribution is -2.45. The summed E-state index contributed by atoms with van der Waals surface area (Å²) < 4.78 is 0. The summed E-state index contributed by atoms with van der Waals surface area (Å²) in [6.45, 7) is 15.5. The van der Waals surface area contributed by atoms with Gasteiger partial charge in [-0.25, -0.2) is 0 Å². The number of benzene rings is 1. The van der Waals surface area contributed by atoms with Gasteiger partial charge < -0.3 is 15.5 Å². The first-order valence-electron chi connectivity index (χ1n) is 14.7. The number of hydrogen-bond acceptors (Lipinski definition) is 5. The molecule has 38 heavy (non-hydrogen) atoms. The summed E-state index contributed by atoms with van der Waals surface area (Å²) in [5.74, 6) is 1.56. The summed E-state index contributed by atoms with van der Waals surface area (Å²) in [6, 6.07) is 9.04. The minimum atomic E-state index is 0.0465. The highest BCUT2D eigenvalue weighted by atomic mass is 16.1. The summed E-state index contributed by atoms with van der Waals surface area (Å²) in [5.41, 5.74) is 6.23. The lowest BCUT2D eigenvalue weighted by atomic mass is 9.92. The Morgan fingerprint density at radius 1 is 1.00 bits per heavy atom. The standard InChI is InChI=1S/C32H45N5O/c1-22(2)20-36-13-9-28(10-14-36)35-32(38)30-15-24(4)34-31-6-5-26(17-29(30)31)27-16-25(18-33-19-27)21-37-11-7-23(3)8-12-37/h5-6,15-19,22-24,28,34H,7-14,20-21H2,1-4H3,(H,35,38). The Bertz CT molecular complexity index is 1140. The van der Waals surface area contributed by atoms with E-state index >= 15 is 0 Å². The second-order valence-corrected chi connectivity index (χ2v) is 12.3. The summed E-state index contributed by atoms with van der Waals surface area (Å²) in [6.07, 6.45) is 10.6. The average Bonchev–Trinajstić information content (AvgIpc) is 2.90. The summed E-state index contributed by atoms with van der Waals surface area (Å²) in [7, 11) is 0. The zero-order chi connectivity index (χ0) is 26.6. The fourth-order valence-electron chi connectivity index (χ4n) is 6.15. The van der Waals surface area contributed by atoms with E-state index in [-0.39, 0.29) is 18.0 Å². The van der Waals surface area contributed by atoms with Gasteiger partial charge in [0.1, 0.15) is 0 Å². The number of hydrogen-bond donors (Lipinski definition) is 2. The molecule has 0 spiro atoms. The van der Waals surface area contributed by atoms with E-state index in [0.717, 1.165) is 86.0 Å². The highest BCUT2D eigenvalue weighted by Gasteiger charge is 2.26. The third-order valence-corrected chi connectivity index (χ3v) is 8.31. The van der Waals surface area contributed by atoms with Gasteiger partial charge in [-0.3, -0.25) is 14.7 Å². The highest BCUT2D eigenvalue weighted by Crippen LogP contribution is 2.34. The molecule has 4 heterocycles. The van der Waals surface area contributed by atoms with E-state index in [4.69, 9.17) is 0 Å². The minimum absolute atomic E-state index is 0.0465. The average molecular weight is 516 g/mol. The van der Waals surface area contributed by atoms with Gasteiger partial charge in [0, 0.05) is 73.0 Å². The molecular formula is C32H45N5O. The fourth-order valence-corrected chi connectivity index (χ4v) is 6.15. The lowest BCUT2D eigenvalue weighted by Gasteiger charge is -2.34.